The van der Waals surface area contributed by atoms with Crippen LogP contribution in [0.3, 0.4) is 0 Å². The van der Waals surface area contributed by atoms with Crippen LogP contribution >= 0.6 is 15.9 Å². The molecule has 0 bridgehead atoms. The number of rotatable bonds is 5. The molecule has 6 nitrogen and oxygen atoms in total. The highest BCUT2D eigenvalue weighted by Gasteiger charge is 2.18. The molecule has 0 N–H and O–H groups in total. The van der Waals surface area contributed by atoms with Crippen molar-refractivity contribution < 1.29 is 14.3 Å². The molecule has 0 atom stereocenters. The Bertz CT molecular complexity index is 910. The number of benzene rings is 2. The van der Waals surface area contributed by atoms with Gasteiger partial charge in [0.05, 0.1) is 6.61 Å². The highest BCUT2D eigenvalue weighted by molar-refractivity contribution is 9.08. The molecule has 7 heteroatoms. The SMILES string of the molecule is CCOC(=O)Oc1nc(-c2cc(CBr)ccc2-c2ccccc2)n(C)n1. The molecule has 3 rings (SSSR count). The molecule has 0 radical (unpaired) electrons. The van der Waals surface area contributed by atoms with Crippen molar-refractivity contribution in [3.8, 4) is 28.5 Å². The molecule has 0 aliphatic heterocycles. The normalized spacial score (nSPS) is 10.6. The van der Waals surface area contributed by atoms with E-state index in [1.165, 1.54) is 0 Å². The summed E-state index contributed by atoms with van der Waals surface area (Å²) in [7, 11) is 1.76. The summed E-state index contributed by atoms with van der Waals surface area (Å²) in [6.45, 7) is 1.93. The smallest absolute Gasteiger partial charge is 0.434 e. The van der Waals surface area contributed by atoms with Crippen molar-refractivity contribution >= 4 is 22.1 Å². The van der Waals surface area contributed by atoms with Gasteiger partial charge in [-0.25, -0.2) is 9.48 Å². The molecule has 0 fully saturated rings. The standard InChI is InChI=1S/C19H18BrN3O3/c1-3-25-19(24)26-18-21-17(23(2)22-18)16-11-13(12-20)9-10-15(16)14-7-5-4-6-8-14/h4-11H,3,12H2,1-2H3. The van der Waals surface area contributed by atoms with Gasteiger partial charge >= 0.3 is 12.2 Å². The number of hydrogen-bond acceptors (Lipinski definition) is 5. The Morgan fingerprint density at radius 2 is 1.92 bits per heavy atom. The second-order valence-corrected chi connectivity index (χ2v) is 6.07. The van der Waals surface area contributed by atoms with Gasteiger partial charge in [-0.05, 0) is 29.7 Å². The summed E-state index contributed by atoms with van der Waals surface area (Å²) >= 11 is 3.49. The Hall–Kier alpha value is -2.67. The topological polar surface area (TPSA) is 66.2 Å². The van der Waals surface area contributed by atoms with Gasteiger partial charge in [0, 0.05) is 17.9 Å². The van der Waals surface area contributed by atoms with Gasteiger partial charge in [0.1, 0.15) is 0 Å². The van der Waals surface area contributed by atoms with E-state index >= 15 is 0 Å². The molecule has 0 saturated carbocycles. The summed E-state index contributed by atoms with van der Waals surface area (Å²) in [6.07, 6.45) is -0.817. The first-order valence-corrected chi connectivity index (χ1v) is 9.24. The predicted octanol–water partition coefficient (Wildman–Crippen LogP) is 4.58. The van der Waals surface area contributed by atoms with Crippen molar-refractivity contribution in [1.82, 2.24) is 14.8 Å². The van der Waals surface area contributed by atoms with Crippen molar-refractivity contribution in [2.75, 3.05) is 6.61 Å². The fourth-order valence-corrected chi connectivity index (χ4v) is 2.94. The van der Waals surface area contributed by atoms with E-state index in [4.69, 9.17) is 9.47 Å². The van der Waals surface area contributed by atoms with Gasteiger partial charge in [-0.15, -0.1) is 5.10 Å². The van der Waals surface area contributed by atoms with E-state index in [1.54, 1.807) is 18.7 Å². The lowest BCUT2D eigenvalue weighted by Gasteiger charge is -2.10. The monoisotopic (exact) mass is 415 g/mol. The number of aryl methyl sites for hydroxylation is 1. The average Bonchev–Trinajstić information content (AvgIpc) is 3.02. The predicted molar refractivity (Wildman–Crippen MR) is 102 cm³/mol. The number of nitrogens with zero attached hydrogens (tertiary/aromatic N) is 3. The molecule has 0 spiro atoms. The molecule has 134 valence electrons. The van der Waals surface area contributed by atoms with Crippen molar-refractivity contribution in [1.29, 1.82) is 0 Å². The van der Waals surface area contributed by atoms with Crippen LogP contribution in [0.1, 0.15) is 12.5 Å². The van der Waals surface area contributed by atoms with Crippen LogP contribution in [0, 0.1) is 0 Å². The first-order valence-electron chi connectivity index (χ1n) is 8.12. The van der Waals surface area contributed by atoms with Crippen LogP contribution in [0.4, 0.5) is 4.79 Å². The molecule has 26 heavy (non-hydrogen) atoms. The maximum absolute atomic E-state index is 11.5. The van der Waals surface area contributed by atoms with E-state index in [2.05, 4.69) is 44.2 Å². The van der Waals surface area contributed by atoms with Crippen LogP contribution in [0.5, 0.6) is 6.01 Å². The second kappa shape index (κ2) is 8.14. The van der Waals surface area contributed by atoms with E-state index in [0.29, 0.717) is 5.82 Å². The van der Waals surface area contributed by atoms with Gasteiger partial charge in [0.15, 0.2) is 5.82 Å². The fraction of sp³-hybridized carbons (Fsp3) is 0.211. The molecule has 2 aromatic carbocycles. The molecule has 0 aliphatic carbocycles. The van der Waals surface area contributed by atoms with Crippen molar-refractivity contribution in [2.45, 2.75) is 12.3 Å². The fourth-order valence-electron chi connectivity index (χ4n) is 2.59. The molecule has 1 heterocycles. The van der Waals surface area contributed by atoms with E-state index in [1.807, 2.05) is 30.3 Å². The molecule has 0 aliphatic rings. The molecule has 0 unspecified atom stereocenters. The van der Waals surface area contributed by atoms with Crippen LogP contribution in [-0.2, 0) is 17.1 Å². The zero-order valence-electron chi connectivity index (χ0n) is 14.5. The second-order valence-electron chi connectivity index (χ2n) is 5.51. The summed E-state index contributed by atoms with van der Waals surface area (Å²) < 4.78 is 11.4. The number of aromatic nitrogens is 3. The molecule has 3 aromatic rings. The summed E-state index contributed by atoms with van der Waals surface area (Å²) in [4.78, 5) is 15.9. The first-order chi connectivity index (χ1) is 12.6. The van der Waals surface area contributed by atoms with Gasteiger partial charge in [-0.1, -0.05) is 58.4 Å². The van der Waals surface area contributed by atoms with Gasteiger partial charge in [0.2, 0.25) is 0 Å². The molecular weight excluding hydrogens is 398 g/mol. The van der Waals surface area contributed by atoms with Crippen molar-refractivity contribution in [2.24, 2.45) is 7.05 Å². The maximum Gasteiger partial charge on any atom is 0.516 e. The van der Waals surface area contributed by atoms with E-state index < -0.39 is 6.16 Å². The Labute approximate surface area is 159 Å². The van der Waals surface area contributed by atoms with Crippen LogP contribution in [0.25, 0.3) is 22.5 Å². The van der Waals surface area contributed by atoms with Crippen molar-refractivity contribution in [3.05, 3.63) is 54.1 Å². The third-order valence-corrected chi connectivity index (χ3v) is 4.39. The van der Waals surface area contributed by atoms with E-state index in [9.17, 15) is 4.79 Å². The molecule has 0 amide bonds. The Morgan fingerprint density at radius 3 is 2.62 bits per heavy atom. The van der Waals surface area contributed by atoms with E-state index in [0.717, 1.165) is 27.6 Å². The van der Waals surface area contributed by atoms with Crippen LogP contribution in [-0.4, -0.2) is 27.5 Å². The minimum atomic E-state index is -0.817. The lowest BCUT2D eigenvalue weighted by Crippen LogP contribution is -2.11. The summed E-state index contributed by atoms with van der Waals surface area (Å²) in [6, 6.07) is 16.2. The lowest BCUT2D eigenvalue weighted by atomic mass is 9.97. The van der Waals surface area contributed by atoms with Gasteiger partial charge in [-0.3, -0.25) is 0 Å². The lowest BCUT2D eigenvalue weighted by molar-refractivity contribution is 0.101. The van der Waals surface area contributed by atoms with Crippen LogP contribution in [0.15, 0.2) is 48.5 Å². The average molecular weight is 416 g/mol. The van der Waals surface area contributed by atoms with Gasteiger partial charge in [0.25, 0.3) is 0 Å². The van der Waals surface area contributed by atoms with Gasteiger partial charge in [-0.2, -0.15) is 4.98 Å². The number of ether oxygens (including phenoxy) is 2. The highest BCUT2D eigenvalue weighted by Crippen LogP contribution is 2.33. The molecule has 1 aromatic heterocycles. The highest BCUT2D eigenvalue weighted by atomic mass is 79.9. The third kappa shape index (κ3) is 3.94. The summed E-state index contributed by atoms with van der Waals surface area (Å²) in [5, 5.41) is 4.89. The van der Waals surface area contributed by atoms with E-state index in [-0.39, 0.29) is 12.6 Å². The first kappa shape index (κ1) is 18.1. The molecule has 0 saturated heterocycles. The number of carbonyl (C=O) groups excluding carboxylic acids is 1. The Kier molecular flexibility index (Phi) is 5.68. The number of halogens is 1. The molecular formula is C19H18BrN3O3. The van der Waals surface area contributed by atoms with Crippen molar-refractivity contribution in [3.63, 3.8) is 0 Å². The van der Waals surface area contributed by atoms with Crippen LogP contribution < -0.4 is 4.74 Å². The number of alkyl halides is 1. The zero-order valence-corrected chi connectivity index (χ0v) is 16.1. The summed E-state index contributed by atoms with van der Waals surface area (Å²) in [5.74, 6) is 0.603. The minimum Gasteiger partial charge on any atom is -0.434 e. The summed E-state index contributed by atoms with van der Waals surface area (Å²) in [5.41, 5.74) is 4.10. The largest absolute Gasteiger partial charge is 0.516 e. The third-order valence-electron chi connectivity index (χ3n) is 3.74. The van der Waals surface area contributed by atoms with Crippen LogP contribution in [0.2, 0.25) is 0 Å². The minimum absolute atomic E-state index is 0.0378. The Balaban J connectivity index is 2.05. The quantitative estimate of drug-likeness (QED) is 0.450. The number of hydrogen-bond donors (Lipinski definition) is 0. The zero-order chi connectivity index (χ0) is 18.5. The number of carbonyl (C=O) groups is 1. The maximum atomic E-state index is 11.5. The van der Waals surface area contributed by atoms with Gasteiger partial charge < -0.3 is 9.47 Å². The Morgan fingerprint density at radius 1 is 1.15 bits per heavy atom.